The van der Waals surface area contributed by atoms with Crippen LogP contribution in [-0.2, 0) is 22.3 Å². The molecule has 6 heteroatoms. The standard InChI is InChI=1S/C18H16FNO2S2/c19-17-6-3-4-14(10-17)13-24(21,22)20-11-15-5-1-2-7-18(15)16-8-9-23-12-16/h1-10,12,20H,11,13H2. The summed E-state index contributed by atoms with van der Waals surface area (Å²) in [4.78, 5) is 0. The number of nitrogens with one attached hydrogen (secondary N) is 1. The molecule has 0 unspecified atom stereocenters. The highest BCUT2D eigenvalue weighted by Crippen LogP contribution is 2.25. The van der Waals surface area contributed by atoms with Crippen LogP contribution in [0.3, 0.4) is 0 Å². The van der Waals surface area contributed by atoms with E-state index in [0.29, 0.717) is 5.56 Å². The molecule has 0 aliphatic rings. The SMILES string of the molecule is O=S(=O)(Cc1cccc(F)c1)NCc1ccccc1-c1ccsc1. The van der Waals surface area contributed by atoms with Gasteiger partial charge in [-0.05, 0) is 51.2 Å². The molecule has 0 bridgehead atoms. The van der Waals surface area contributed by atoms with Gasteiger partial charge in [0, 0.05) is 6.54 Å². The molecule has 0 spiro atoms. The molecule has 0 aliphatic carbocycles. The summed E-state index contributed by atoms with van der Waals surface area (Å²) in [6.07, 6.45) is 0. The maximum Gasteiger partial charge on any atom is 0.216 e. The summed E-state index contributed by atoms with van der Waals surface area (Å²) in [5.41, 5.74) is 3.40. The van der Waals surface area contributed by atoms with Crippen molar-refractivity contribution < 1.29 is 12.8 Å². The van der Waals surface area contributed by atoms with Crippen molar-refractivity contribution in [1.82, 2.24) is 4.72 Å². The maximum atomic E-state index is 13.2. The van der Waals surface area contributed by atoms with Crippen LogP contribution in [0.2, 0.25) is 0 Å². The van der Waals surface area contributed by atoms with Gasteiger partial charge in [0.15, 0.2) is 0 Å². The molecule has 0 amide bonds. The first-order valence-corrected chi connectivity index (χ1v) is 9.95. The average molecular weight is 361 g/mol. The van der Waals surface area contributed by atoms with Gasteiger partial charge in [-0.15, -0.1) is 0 Å². The Bertz CT molecular complexity index is 922. The molecule has 2 aromatic carbocycles. The van der Waals surface area contributed by atoms with Crippen LogP contribution in [0.25, 0.3) is 11.1 Å². The first-order valence-electron chi connectivity index (χ1n) is 7.36. The Morgan fingerprint density at radius 1 is 1.04 bits per heavy atom. The van der Waals surface area contributed by atoms with Gasteiger partial charge in [-0.25, -0.2) is 17.5 Å². The van der Waals surface area contributed by atoms with Gasteiger partial charge in [-0.3, -0.25) is 0 Å². The van der Waals surface area contributed by atoms with Crippen molar-refractivity contribution >= 4 is 21.4 Å². The summed E-state index contributed by atoms with van der Waals surface area (Å²) in [6, 6.07) is 15.3. The molecular weight excluding hydrogens is 345 g/mol. The third-order valence-corrected chi connectivity index (χ3v) is 5.56. The molecule has 1 aromatic heterocycles. The lowest BCUT2D eigenvalue weighted by Gasteiger charge is -2.10. The molecule has 0 atom stereocenters. The summed E-state index contributed by atoms with van der Waals surface area (Å²) in [5, 5.41) is 4.01. The smallest absolute Gasteiger partial charge is 0.212 e. The Labute approximate surface area is 144 Å². The topological polar surface area (TPSA) is 46.2 Å². The maximum absolute atomic E-state index is 13.2. The summed E-state index contributed by atoms with van der Waals surface area (Å²) in [6.45, 7) is 0.198. The van der Waals surface area contributed by atoms with Gasteiger partial charge in [0.25, 0.3) is 0 Å². The van der Waals surface area contributed by atoms with Gasteiger partial charge in [0.2, 0.25) is 10.0 Å². The highest BCUT2D eigenvalue weighted by atomic mass is 32.2. The van der Waals surface area contributed by atoms with E-state index >= 15 is 0 Å². The normalized spacial score (nSPS) is 11.5. The van der Waals surface area contributed by atoms with E-state index in [9.17, 15) is 12.8 Å². The highest BCUT2D eigenvalue weighted by molar-refractivity contribution is 7.88. The van der Waals surface area contributed by atoms with Crippen molar-refractivity contribution in [2.75, 3.05) is 0 Å². The van der Waals surface area contributed by atoms with Crippen molar-refractivity contribution in [3.05, 3.63) is 82.3 Å². The van der Waals surface area contributed by atoms with Crippen molar-refractivity contribution in [1.29, 1.82) is 0 Å². The minimum Gasteiger partial charge on any atom is -0.212 e. The van der Waals surface area contributed by atoms with E-state index in [2.05, 4.69) is 4.72 Å². The predicted octanol–water partition coefficient (Wildman–Crippen LogP) is 4.17. The summed E-state index contributed by atoms with van der Waals surface area (Å²) < 4.78 is 40.3. The minimum absolute atomic E-state index is 0.198. The average Bonchev–Trinajstić information content (AvgIpc) is 3.07. The minimum atomic E-state index is -3.55. The van der Waals surface area contributed by atoms with E-state index in [4.69, 9.17) is 0 Å². The molecule has 1 N–H and O–H groups in total. The zero-order valence-corrected chi connectivity index (χ0v) is 14.4. The van der Waals surface area contributed by atoms with E-state index in [-0.39, 0.29) is 12.3 Å². The van der Waals surface area contributed by atoms with E-state index in [1.165, 1.54) is 18.2 Å². The number of thiophene rings is 1. The van der Waals surface area contributed by atoms with Crippen LogP contribution >= 0.6 is 11.3 Å². The molecule has 0 radical (unpaired) electrons. The Balaban J connectivity index is 1.74. The fourth-order valence-electron chi connectivity index (χ4n) is 2.46. The number of halogens is 1. The predicted molar refractivity (Wildman–Crippen MR) is 95.6 cm³/mol. The van der Waals surface area contributed by atoms with Crippen LogP contribution < -0.4 is 4.72 Å². The van der Waals surface area contributed by atoms with Gasteiger partial charge < -0.3 is 0 Å². The van der Waals surface area contributed by atoms with Crippen molar-refractivity contribution in [3.8, 4) is 11.1 Å². The van der Waals surface area contributed by atoms with Crippen molar-refractivity contribution in [2.24, 2.45) is 0 Å². The molecule has 0 saturated heterocycles. The quantitative estimate of drug-likeness (QED) is 0.716. The fourth-order valence-corrected chi connectivity index (χ4v) is 4.21. The van der Waals surface area contributed by atoms with Crippen molar-refractivity contribution in [2.45, 2.75) is 12.3 Å². The fraction of sp³-hybridized carbons (Fsp3) is 0.111. The Hall–Kier alpha value is -2.02. The zero-order chi connectivity index (χ0) is 17.0. The van der Waals surface area contributed by atoms with E-state index in [1.807, 2.05) is 41.1 Å². The third kappa shape index (κ3) is 4.29. The van der Waals surface area contributed by atoms with Crippen LogP contribution in [0.15, 0.2) is 65.4 Å². The number of hydrogen-bond acceptors (Lipinski definition) is 3. The van der Waals surface area contributed by atoms with Crippen LogP contribution in [0.1, 0.15) is 11.1 Å². The molecule has 124 valence electrons. The molecule has 0 saturated carbocycles. The molecule has 24 heavy (non-hydrogen) atoms. The lowest BCUT2D eigenvalue weighted by Crippen LogP contribution is -2.25. The van der Waals surface area contributed by atoms with E-state index < -0.39 is 15.8 Å². The van der Waals surface area contributed by atoms with Gasteiger partial charge >= 0.3 is 0 Å². The first kappa shape index (κ1) is 16.8. The summed E-state index contributed by atoms with van der Waals surface area (Å²) in [7, 11) is -3.55. The van der Waals surface area contributed by atoms with Gasteiger partial charge in [-0.1, -0.05) is 36.4 Å². The largest absolute Gasteiger partial charge is 0.216 e. The monoisotopic (exact) mass is 361 g/mol. The molecule has 1 heterocycles. The second-order valence-corrected chi connectivity index (χ2v) is 7.97. The second kappa shape index (κ2) is 7.25. The number of hydrogen-bond donors (Lipinski definition) is 1. The molecule has 3 aromatic rings. The Morgan fingerprint density at radius 3 is 2.62 bits per heavy atom. The molecular formula is C18H16FNO2S2. The van der Waals surface area contributed by atoms with E-state index in [0.717, 1.165) is 16.7 Å². The second-order valence-electron chi connectivity index (χ2n) is 5.38. The summed E-state index contributed by atoms with van der Waals surface area (Å²) >= 11 is 1.60. The molecule has 0 aliphatic heterocycles. The van der Waals surface area contributed by atoms with E-state index in [1.54, 1.807) is 17.4 Å². The van der Waals surface area contributed by atoms with Crippen LogP contribution in [0, 0.1) is 5.82 Å². The molecule has 0 fully saturated rings. The summed E-state index contributed by atoms with van der Waals surface area (Å²) in [5.74, 6) is -0.684. The lowest BCUT2D eigenvalue weighted by atomic mass is 10.0. The molecule has 3 rings (SSSR count). The number of benzene rings is 2. The van der Waals surface area contributed by atoms with Crippen LogP contribution in [0.5, 0.6) is 0 Å². The highest BCUT2D eigenvalue weighted by Gasteiger charge is 2.13. The third-order valence-electron chi connectivity index (χ3n) is 3.58. The van der Waals surface area contributed by atoms with Gasteiger partial charge in [0.05, 0.1) is 5.75 Å². The number of rotatable bonds is 6. The Kier molecular flexibility index (Phi) is 5.08. The first-order chi connectivity index (χ1) is 11.5. The van der Waals surface area contributed by atoms with Crippen LogP contribution in [-0.4, -0.2) is 8.42 Å². The van der Waals surface area contributed by atoms with Gasteiger partial charge in [-0.2, -0.15) is 11.3 Å². The Morgan fingerprint density at radius 2 is 1.88 bits per heavy atom. The van der Waals surface area contributed by atoms with Crippen molar-refractivity contribution in [3.63, 3.8) is 0 Å². The lowest BCUT2D eigenvalue weighted by molar-refractivity contribution is 0.580. The van der Waals surface area contributed by atoms with Gasteiger partial charge in [0.1, 0.15) is 5.82 Å². The van der Waals surface area contributed by atoms with Crippen LogP contribution in [0.4, 0.5) is 4.39 Å². The zero-order valence-electron chi connectivity index (χ0n) is 12.8. The molecule has 3 nitrogen and oxygen atoms in total. The number of sulfonamides is 1.